The molecule has 22 heavy (non-hydrogen) atoms. The zero-order valence-electron chi connectivity index (χ0n) is 13.3. The van der Waals surface area contributed by atoms with E-state index in [1.165, 1.54) is 0 Å². The number of rotatable bonds is 5. The molecular weight excluding hydrogens is 280 g/mol. The van der Waals surface area contributed by atoms with E-state index < -0.39 is 6.04 Å². The van der Waals surface area contributed by atoms with E-state index >= 15 is 0 Å². The normalized spacial score (nSPS) is 17.9. The van der Waals surface area contributed by atoms with Crippen LogP contribution in [0.1, 0.15) is 26.2 Å². The number of hydrogen-bond acceptors (Lipinski definition) is 4. The van der Waals surface area contributed by atoms with E-state index in [-0.39, 0.29) is 18.4 Å². The van der Waals surface area contributed by atoms with Gasteiger partial charge < -0.3 is 14.5 Å². The van der Waals surface area contributed by atoms with E-state index in [1.54, 1.807) is 11.8 Å². The molecule has 1 aromatic rings. The lowest BCUT2D eigenvalue weighted by atomic mass is 10.0. The second-order valence-electron chi connectivity index (χ2n) is 5.54. The van der Waals surface area contributed by atoms with Crippen LogP contribution in [0.25, 0.3) is 0 Å². The second-order valence-corrected chi connectivity index (χ2v) is 5.54. The molecule has 1 aliphatic heterocycles. The molecule has 2 rings (SSSR count). The van der Waals surface area contributed by atoms with E-state index in [0.29, 0.717) is 19.6 Å². The molecule has 1 unspecified atom stereocenters. The molecule has 1 heterocycles. The predicted molar refractivity (Wildman–Crippen MR) is 85.7 cm³/mol. The Morgan fingerprint density at radius 3 is 2.68 bits per heavy atom. The monoisotopic (exact) mass is 304 g/mol. The third-order valence-electron chi connectivity index (χ3n) is 3.95. The Morgan fingerprint density at radius 1 is 1.27 bits per heavy atom. The Bertz CT molecular complexity index is 504. The lowest BCUT2D eigenvalue weighted by Crippen LogP contribution is -2.51. The minimum atomic E-state index is -0.426. The standard InChI is InChI=1S/C17H24N2O3/c1-3-22-17(21)15-11-7-8-12-19(15)16(20)13-18(2)14-9-5-4-6-10-14/h4-6,9-10,15H,3,7-8,11-13H2,1-2H3. The number of amides is 1. The highest BCUT2D eigenvalue weighted by Gasteiger charge is 2.33. The van der Waals surface area contributed by atoms with Crippen molar-refractivity contribution < 1.29 is 14.3 Å². The van der Waals surface area contributed by atoms with Crippen LogP contribution in [0.15, 0.2) is 30.3 Å². The van der Waals surface area contributed by atoms with Gasteiger partial charge in [-0.1, -0.05) is 18.2 Å². The fourth-order valence-electron chi connectivity index (χ4n) is 2.78. The topological polar surface area (TPSA) is 49.9 Å². The van der Waals surface area contributed by atoms with Gasteiger partial charge in [-0.15, -0.1) is 0 Å². The minimum Gasteiger partial charge on any atom is -0.464 e. The van der Waals surface area contributed by atoms with Crippen LogP contribution in [0.2, 0.25) is 0 Å². The van der Waals surface area contributed by atoms with Crippen LogP contribution in [0.3, 0.4) is 0 Å². The summed E-state index contributed by atoms with van der Waals surface area (Å²) in [4.78, 5) is 28.2. The van der Waals surface area contributed by atoms with Gasteiger partial charge in [-0.25, -0.2) is 4.79 Å². The average molecular weight is 304 g/mol. The molecule has 120 valence electrons. The van der Waals surface area contributed by atoms with Gasteiger partial charge in [-0.05, 0) is 38.3 Å². The second kappa shape index (κ2) is 7.82. The molecule has 0 N–H and O–H groups in total. The van der Waals surface area contributed by atoms with Crippen molar-refractivity contribution in [2.75, 3.05) is 31.6 Å². The van der Waals surface area contributed by atoms with Gasteiger partial charge in [0.05, 0.1) is 13.2 Å². The van der Waals surface area contributed by atoms with Crippen molar-refractivity contribution in [2.24, 2.45) is 0 Å². The highest BCUT2D eigenvalue weighted by molar-refractivity contribution is 5.87. The molecule has 0 bridgehead atoms. The number of ether oxygens (including phenoxy) is 1. The molecule has 1 aromatic carbocycles. The van der Waals surface area contributed by atoms with Crippen molar-refractivity contribution in [1.82, 2.24) is 4.90 Å². The smallest absolute Gasteiger partial charge is 0.328 e. The summed E-state index contributed by atoms with van der Waals surface area (Å²) in [7, 11) is 1.89. The van der Waals surface area contributed by atoms with Crippen LogP contribution in [0.4, 0.5) is 5.69 Å². The molecule has 0 aromatic heterocycles. The molecule has 0 spiro atoms. The quantitative estimate of drug-likeness (QED) is 0.781. The first-order chi connectivity index (χ1) is 10.6. The van der Waals surface area contributed by atoms with Crippen molar-refractivity contribution in [3.8, 4) is 0 Å². The first kappa shape index (κ1) is 16.3. The van der Waals surface area contributed by atoms with Crippen LogP contribution >= 0.6 is 0 Å². The molecule has 0 radical (unpaired) electrons. The number of piperidine rings is 1. The summed E-state index contributed by atoms with van der Waals surface area (Å²) in [5.74, 6) is -0.304. The summed E-state index contributed by atoms with van der Waals surface area (Å²) in [5.41, 5.74) is 0.987. The van der Waals surface area contributed by atoms with E-state index in [2.05, 4.69) is 0 Å². The van der Waals surface area contributed by atoms with Crippen LogP contribution in [0, 0.1) is 0 Å². The van der Waals surface area contributed by atoms with Crippen molar-refractivity contribution in [1.29, 1.82) is 0 Å². The molecule has 0 aliphatic carbocycles. The summed E-state index contributed by atoms with van der Waals surface area (Å²) in [6, 6.07) is 9.33. The van der Waals surface area contributed by atoms with Gasteiger partial charge in [-0.2, -0.15) is 0 Å². The maximum Gasteiger partial charge on any atom is 0.328 e. The maximum atomic E-state index is 12.6. The fourth-order valence-corrected chi connectivity index (χ4v) is 2.78. The number of para-hydroxylation sites is 1. The van der Waals surface area contributed by atoms with Crippen LogP contribution < -0.4 is 4.90 Å². The Kier molecular flexibility index (Phi) is 5.81. The third kappa shape index (κ3) is 4.00. The number of likely N-dealkylation sites (N-methyl/N-ethyl adjacent to an activating group) is 1. The zero-order chi connectivity index (χ0) is 15.9. The number of anilines is 1. The van der Waals surface area contributed by atoms with Gasteiger partial charge in [0, 0.05) is 19.3 Å². The SMILES string of the molecule is CCOC(=O)C1CCCCN1C(=O)CN(C)c1ccccc1. The van der Waals surface area contributed by atoms with E-state index in [9.17, 15) is 9.59 Å². The van der Waals surface area contributed by atoms with E-state index in [1.807, 2.05) is 42.3 Å². The first-order valence-corrected chi connectivity index (χ1v) is 7.85. The molecule has 1 atom stereocenters. The number of carbonyl (C=O) groups excluding carboxylic acids is 2. The summed E-state index contributed by atoms with van der Waals surface area (Å²) < 4.78 is 5.10. The zero-order valence-corrected chi connectivity index (χ0v) is 13.3. The summed E-state index contributed by atoms with van der Waals surface area (Å²) in [6.45, 7) is 3.03. The third-order valence-corrected chi connectivity index (χ3v) is 3.95. The highest BCUT2D eigenvalue weighted by atomic mass is 16.5. The Hall–Kier alpha value is -2.04. The van der Waals surface area contributed by atoms with Gasteiger partial charge in [0.2, 0.25) is 5.91 Å². The molecule has 5 nitrogen and oxygen atoms in total. The molecule has 0 saturated carbocycles. The molecule has 1 fully saturated rings. The number of nitrogens with zero attached hydrogens (tertiary/aromatic N) is 2. The maximum absolute atomic E-state index is 12.6. The number of esters is 1. The van der Waals surface area contributed by atoms with Crippen molar-refractivity contribution >= 4 is 17.6 Å². The fraction of sp³-hybridized carbons (Fsp3) is 0.529. The lowest BCUT2D eigenvalue weighted by molar-refractivity contribution is -0.156. The summed E-state index contributed by atoms with van der Waals surface area (Å²) in [5, 5.41) is 0. The predicted octanol–water partition coefficient (Wildman–Crippen LogP) is 2.07. The van der Waals surface area contributed by atoms with E-state index in [0.717, 1.165) is 18.5 Å². The Morgan fingerprint density at radius 2 is 2.00 bits per heavy atom. The van der Waals surface area contributed by atoms with Crippen molar-refractivity contribution in [2.45, 2.75) is 32.2 Å². The van der Waals surface area contributed by atoms with Crippen LogP contribution in [-0.2, 0) is 14.3 Å². The summed E-state index contributed by atoms with van der Waals surface area (Å²) >= 11 is 0. The molecule has 1 saturated heterocycles. The van der Waals surface area contributed by atoms with Crippen molar-refractivity contribution in [3.05, 3.63) is 30.3 Å². The molecule has 1 amide bonds. The minimum absolute atomic E-state index is 0.0240. The number of benzene rings is 1. The molecule has 5 heteroatoms. The molecular formula is C17H24N2O3. The van der Waals surface area contributed by atoms with Crippen LogP contribution in [0.5, 0.6) is 0 Å². The first-order valence-electron chi connectivity index (χ1n) is 7.85. The van der Waals surface area contributed by atoms with Crippen molar-refractivity contribution in [3.63, 3.8) is 0 Å². The number of likely N-dealkylation sites (tertiary alicyclic amines) is 1. The van der Waals surface area contributed by atoms with Crippen LogP contribution in [-0.4, -0.2) is 49.6 Å². The van der Waals surface area contributed by atoms with E-state index in [4.69, 9.17) is 4.74 Å². The average Bonchev–Trinajstić information content (AvgIpc) is 2.55. The van der Waals surface area contributed by atoms with Gasteiger partial charge in [0.15, 0.2) is 0 Å². The Balaban J connectivity index is 2.01. The highest BCUT2D eigenvalue weighted by Crippen LogP contribution is 2.19. The number of hydrogen-bond donors (Lipinski definition) is 0. The Labute approximate surface area is 131 Å². The van der Waals surface area contributed by atoms with Gasteiger partial charge >= 0.3 is 5.97 Å². The van der Waals surface area contributed by atoms with Gasteiger partial charge in [0.1, 0.15) is 6.04 Å². The van der Waals surface area contributed by atoms with Gasteiger partial charge in [-0.3, -0.25) is 4.79 Å². The summed E-state index contributed by atoms with van der Waals surface area (Å²) in [6.07, 6.45) is 2.60. The van der Waals surface area contributed by atoms with Gasteiger partial charge in [0.25, 0.3) is 0 Å². The largest absolute Gasteiger partial charge is 0.464 e. The molecule has 1 aliphatic rings. The number of carbonyl (C=O) groups is 2. The lowest BCUT2D eigenvalue weighted by Gasteiger charge is -2.35.